The Morgan fingerprint density at radius 2 is 2.38 bits per heavy atom. The molecule has 1 atom stereocenters. The maximum absolute atomic E-state index is 6.32. The number of imidazole rings is 1. The Labute approximate surface area is 86.3 Å². The number of alkyl halides is 1. The molecule has 1 aromatic rings. The summed E-state index contributed by atoms with van der Waals surface area (Å²) in [5.41, 5.74) is 0. The molecule has 0 saturated carbocycles. The van der Waals surface area contributed by atoms with Gasteiger partial charge in [0.05, 0.1) is 0 Å². The summed E-state index contributed by atoms with van der Waals surface area (Å²) in [4.78, 5) is 6.57. The summed E-state index contributed by atoms with van der Waals surface area (Å²) < 4.78 is 0. The van der Waals surface area contributed by atoms with E-state index in [-0.39, 0.29) is 0 Å². The molecule has 0 amide bonds. The van der Waals surface area contributed by atoms with Crippen molar-refractivity contribution in [3.8, 4) is 0 Å². The van der Waals surface area contributed by atoms with E-state index in [1.807, 2.05) is 12.2 Å². The van der Waals surface area contributed by atoms with Crippen LogP contribution in [0, 0.1) is 0 Å². The standard InChI is InChI=1S/C9H8Cl2N2/c10-7-1-3-9(11,4-2-7)8-12-5-6-13-8/h1-3,5-6H,4H2,(H,12,13). The predicted octanol–water partition coefficient (Wildman–Crippen LogP) is 2.93. The van der Waals surface area contributed by atoms with E-state index < -0.39 is 4.87 Å². The van der Waals surface area contributed by atoms with Gasteiger partial charge in [0.25, 0.3) is 0 Å². The maximum Gasteiger partial charge on any atom is 0.131 e. The minimum atomic E-state index is -0.554. The highest BCUT2D eigenvalue weighted by molar-refractivity contribution is 6.32. The van der Waals surface area contributed by atoms with Crippen LogP contribution in [0.1, 0.15) is 12.2 Å². The fourth-order valence-electron chi connectivity index (χ4n) is 1.26. The van der Waals surface area contributed by atoms with Crippen LogP contribution in [0.5, 0.6) is 0 Å². The van der Waals surface area contributed by atoms with E-state index in [4.69, 9.17) is 23.2 Å². The fourth-order valence-corrected chi connectivity index (χ4v) is 1.65. The number of hydrogen-bond donors (Lipinski definition) is 1. The first-order chi connectivity index (χ1) is 6.21. The van der Waals surface area contributed by atoms with Crippen LogP contribution in [0.4, 0.5) is 0 Å². The molecule has 2 rings (SSSR count). The number of halogens is 2. The molecule has 0 spiro atoms. The van der Waals surface area contributed by atoms with E-state index in [1.54, 1.807) is 18.5 Å². The number of nitrogens with one attached hydrogen (secondary N) is 1. The summed E-state index contributed by atoms with van der Waals surface area (Å²) in [7, 11) is 0. The van der Waals surface area contributed by atoms with Crippen molar-refractivity contribution in [2.45, 2.75) is 11.3 Å². The van der Waals surface area contributed by atoms with E-state index in [0.717, 1.165) is 10.9 Å². The zero-order chi connectivity index (χ0) is 9.31. The van der Waals surface area contributed by atoms with Gasteiger partial charge in [-0.15, -0.1) is 11.6 Å². The molecule has 0 radical (unpaired) electrons. The van der Waals surface area contributed by atoms with Gasteiger partial charge in [-0.25, -0.2) is 4.98 Å². The Morgan fingerprint density at radius 1 is 1.54 bits per heavy atom. The minimum Gasteiger partial charge on any atom is -0.347 e. The highest BCUT2D eigenvalue weighted by atomic mass is 35.5. The summed E-state index contributed by atoms with van der Waals surface area (Å²) in [6.45, 7) is 0. The largest absolute Gasteiger partial charge is 0.347 e. The molecule has 68 valence electrons. The summed E-state index contributed by atoms with van der Waals surface area (Å²) >= 11 is 12.1. The average Bonchev–Trinajstić information content (AvgIpc) is 2.63. The van der Waals surface area contributed by atoms with Gasteiger partial charge in [-0.3, -0.25) is 0 Å². The molecule has 1 heterocycles. The van der Waals surface area contributed by atoms with Crippen molar-refractivity contribution in [3.05, 3.63) is 41.5 Å². The lowest BCUT2D eigenvalue weighted by atomic mass is 9.99. The van der Waals surface area contributed by atoms with Gasteiger partial charge in [-0.2, -0.15) is 0 Å². The molecule has 13 heavy (non-hydrogen) atoms. The minimum absolute atomic E-state index is 0.554. The fraction of sp³-hybridized carbons (Fsp3) is 0.222. The van der Waals surface area contributed by atoms with Crippen molar-refractivity contribution in [2.24, 2.45) is 0 Å². The Kier molecular flexibility index (Phi) is 2.18. The zero-order valence-corrected chi connectivity index (χ0v) is 8.31. The lowest BCUT2D eigenvalue weighted by Crippen LogP contribution is -2.18. The summed E-state index contributed by atoms with van der Waals surface area (Å²) in [5, 5.41) is 0.725. The maximum atomic E-state index is 6.32. The van der Waals surface area contributed by atoms with E-state index in [1.165, 1.54) is 0 Å². The molecule has 2 nitrogen and oxygen atoms in total. The van der Waals surface area contributed by atoms with Crippen molar-refractivity contribution in [1.82, 2.24) is 9.97 Å². The lowest BCUT2D eigenvalue weighted by Gasteiger charge is -2.21. The zero-order valence-electron chi connectivity index (χ0n) is 6.80. The highest BCUT2D eigenvalue weighted by Gasteiger charge is 2.29. The van der Waals surface area contributed by atoms with Crippen LogP contribution in [0.25, 0.3) is 0 Å². The third-order valence-corrected chi connectivity index (χ3v) is 2.73. The van der Waals surface area contributed by atoms with Crippen molar-refractivity contribution in [1.29, 1.82) is 0 Å². The quantitative estimate of drug-likeness (QED) is 0.717. The first-order valence-electron chi connectivity index (χ1n) is 3.94. The number of nitrogens with zero attached hydrogens (tertiary/aromatic N) is 1. The summed E-state index contributed by atoms with van der Waals surface area (Å²) in [6, 6.07) is 0. The number of aromatic nitrogens is 2. The lowest BCUT2D eigenvalue weighted by molar-refractivity contribution is 0.708. The van der Waals surface area contributed by atoms with Crippen LogP contribution in [0.3, 0.4) is 0 Å². The Balaban J connectivity index is 2.30. The van der Waals surface area contributed by atoms with Crippen molar-refractivity contribution < 1.29 is 0 Å². The third-order valence-electron chi connectivity index (χ3n) is 1.99. The second kappa shape index (κ2) is 3.20. The van der Waals surface area contributed by atoms with E-state index in [0.29, 0.717) is 6.42 Å². The average molecular weight is 215 g/mol. The number of rotatable bonds is 1. The van der Waals surface area contributed by atoms with Crippen molar-refractivity contribution >= 4 is 23.2 Å². The SMILES string of the molecule is ClC1=CCC(Cl)(c2ncc[nH]2)C=C1. The van der Waals surface area contributed by atoms with Crippen LogP contribution >= 0.6 is 23.2 Å². The molecular weight excluding hydrogens is 207 g/mol. The van der Waals surface area contributed by atoms with Gasteiger partial charge in [0.1, 0.15) is 10.7 Å². The van der Waals surface area contributed by atoms with Gasteiger partial charge < -0.3 is 4.98 Å². The smallest absolute Gasteiger partial charge is 0.131 e. The molecule has 0 saturated heterocycles. The van der Waals surface area contributed by atoms with Gasteiger partial charge >= 0.3 is 0 Å². The third kappa shape index (κ3) is 1.64. The molecule has 0 fully saturated rings. The van der Waals surface area contributed by atoms with Crippen LogP contribution in [-0.4, -0.2) is 9.97 Å². The second-order valence-electron chi connectivity index (χ2n) is 2.93. The van der Waals surface area contributed by atoms with Gasteiger partial charge in [0.15, 0.2) is 0 Å². The molecule has 0 bridgehead atoms. The van der Waals surface area contributed by atoms with Crippen LogP contribution in [0.15, 0.2) is 35.7 Å². The first-order valence-corrected chi connectivity index (χ1v) is 4.70. The molecule has 1 aliphatic rings. The van der Waals surface area contributed by atoms with E-state index in [2.05, 4.69) is 9.97 Å². The Morgan fingerprint density at radius 3 is 2.92 bits per heavy atom. The van der Waals surface area contributed by atoms with Gasteiger partial charge in [0, 0.05) is 17.4 Å². The Bertz CT molecular complexity index is 354. The topological polar surface area (TPSA) is 28.7 Å². The number of hydrogen-bond acceptors (Lipinski definition) is 1. The number of allylic oxidation sites excluding steroid dienone is 4. The molecule has 1 aliphatic carbocycles. The highest BCUT2D eigenvalue weighted by Crippen LogP contribution is 2.36. The van der Waals surface area contributed by atoms with E-state index in [9.17, 15) is 0 Å². The summed E-state index contributed by atoms with van der Waals surface area (Å²) in [6.07, 6.45) is 9.64. The molecule has 1 aromatic heterocycles. The monoisotopic (exact) mass is 214 g/mol. The number of H-pyrrole nitrogens is 1. The molecular formula is C9H8Cl2N2. The predicted molar refractivity (Wildman–Crippen MR) is 53.8 cm³/mol. The molecule has 0 aromatic carbocycles. The summed E-state index contributed by atoms with van der Waals surface area (Å²) in [5.74, 6) is 0.755. The van der Waals surface area contributed by atoms with Crippen molar-refractivity contribution in [2.75, 3.05) is 0 Å². The van der Waals surface area contributed by atoms with E-state index >= 15 is 0 Å². The normalized spacial score (nSPS) is 27.4. The van der Waals surface area contributed by atoms with Crippen LogP contribution in [-0.2, 0) is 4.87 Å². The molecule has 1 unspecified atom stereocenters. The molecule has 0 aliphatic heterocycles. The first kappa shape index (κ1) is 8.85. The van der Waals surface area contributed by atoms with Crippen LogP contribution < -0.4 is 0 Å². The van der Waals surface area contributed by atoms with Gasteiger partial charge in [-0.05, 0) is 12.5 Å². The second-order valence-corrected chi connectivity index (χ2v) is 4.04. The van der Waals surface area contributed by atoms with Gasteiger partial charge in [0.2, 0.25) is 0 Å². The number of aromatic amines is 1. The Hall–Kier alpha value is -0.730. The van der Waals surface area contributed by atoms with Gasteiger partial charge in [-0.1, -0.05) is 23.8 Å². The molecule has 4 heteroatoms. The molecule has 1 N–H and O–H groups in total. The van der Waals surface area contributed by atoms with Crippen LogP contribution in [0.2, 0.25) is 0 Å². The van der Waals surface area contributed by atoms with Crippen molar-refractivity contribution in [3.63, 3.8) is 0 Å².